The molecule has 0 saturated carbocycles. The van der Waals surface area contributed by atoms with E-state index in [0.29, 0.717) is 11.3 Å². The van der Waals surface area contributed by atoms with E-state index in [1.807, 2.05) is 0 Å². The van der Waals surface area contributed by atoms with Crippen LogP contribution in [0.25, 0.3) is 6.08 Å². The molecular formula is C23H24N2O9. The summed E-state index contributed by atoms with van der Waals surface area (Å²) in [6.45, 7) is 3.21. The highest BCUT2D eigenvalue weighted by atomic mass is 16.6. The Bertz CT molecular complexity index is 1140. The fraction of sp³-hybridized carbons (Fsp3) is 0.304. The number of furan rings is 1. The second kappa shape index (κ2) is 10.6. The molecular weight excluding hydrogens is 448 g/mol. The first-order chi connectivity index (χ1) is 16.3. The highest BCUT2D eigenvalue weighted by molar-refractivity contribution is 6.14. The van der Waals surface area contributed by atoms with Crippen LogP contribution in [0.5, 0.6) is 11.5 Å². The minimum Gasteiger partial charge on any atom is -0.493 e. The van der Waals surface area contributed by atoms with Crippen molar-refractivity contribution in [3.8, 4) is 11.5 Å². The van der Waals surface area contributed by atoms with Crippen molar-refractivity contribution in [2.75, 3.05) is 20.8 Å². The molecule has 11 heteroatoms. The van der Waals surface area contributed by atoms with Crippen LogP contribution >= 0.6 is 0 Å². The van der Waals surface area contributed by atoms with Gasteiger partial charge in [0.05, 0.1) is 27.4 Å². The van der Waals surface area contributed by atoms with Crippen molar-refractivity contribution in [3.05, 3.63) is 53.1 Å². The number of para-hydroxylation sites is 1. The zero-order valence-corrected chi connectivity index (χ0v) is 19.1. The molecule has 3 rings (SSSR count). The quantitative estimate of drug-likeness (QED) is 0.332. The van der Waals surface area contributed by atoms with Gasteiger partial charge in [0.1, 0.15) is 11.5 Å². The lowest BCUT2D eigenvalue weighted by molar-refractivity contribution is -0.150. The first-order valence-electron chi connectivity index (χ1n) is 10.3. The van der Waals surface area contributed by atoms with Crippen LogP contribution < -0.4 is 14.8 Å². The van der Waals surface area contributed by atoms with Crippen molar-refractivity contribution in [2.24, 2.45) is 0 Å². The van der Waals surface area contributed by atoms with E-state index in [2.05, 4.69) is 10.1 Å². The summed E-state index contributed by atoms with van der Waals surface area (Å²) in [4.78, 5) is 49.8. The van der Waals surface area contributed by atoms with Crippen molar-refractivity contribution in [3.63, 3.8) is 0 Å². The Morgan fingerprint density at radius 1 is 1.18 bits per heavy atom. The van der Waals surface area contributed by atoms with Gasteiger partial charge in [0, 0.05) is 5.56 Å². The summed E-state index contributed by atoms with van der Waals surface area (Å²) in [7, 11) is 2.65. The van der Waals surface area contributed by atoms with Crippen molar-refractivity contribution in [2.45, 2.75) is 26.5 Å². The van der Waals surface area contributed by atoms with Crippen LogP contribution in [-0.2, 0) is 25.6 Å². The third-order valence-electron chi connectivity index (χ3n) is 4.77. The first-order valence-corrected chi connectivity index (χ1v) is 10.3. The SMILES string of the molecule is CCOC(=O)C(C)Oc1c(C=C2NC(=O)N(Cc3ccc(C(=O)OC)o3)C2=O)cccc1OC. The lowest BCUT2D eigenvalue weighted by Crippen LogP contribution is -2.30. The number of urea groups is 1. The van der Waals surface area contributed by atoms with E-state index in [0.717, 1.165) is 4.90 Å². The van der Waals surface area contributed by atoms with Gasteiger partial charge in [-0.15, -0.1) is 0 Å². The molecule has 0 spiro atoms. The molecule has 1 aromatic heterocycles. The number of rotatable bonds is 9. The average molecular weight is 472 g/mol. The second-order valence-electron chi connectivity index (χ2n) is 7.03. The highest BCUT2D eigenvalue weighted by Crippen LogP contribution is 2.34. The number of esters is 2. The molecule has 1 aromatic carbocycles. The van der Waals surface area contributed by atoms with Gasteiger partial charge in [-0.25, -0.2) is 14.4 Å². The fourth-order valence-corrected chi connectivity index (χ4v) is 3.12. The molecule has 11 nitrogen and oxygen atoms in total. The van der Waals surface area contributed by atoms with Gasteiger partial charge < -0.3 is 28.7 Å². The van der Waals surface area contributed by atoms with E-state index >= 15 is 0 Å². The molecule has 2 heterocycles. The van der Waals surface area contributed by atoms with Gasteiger partial charge in [0.25, 0.3) is 5.91 Å². The molecule has 0 aliphatic carbocycles. The summed E-state index contributed by atoms with van der Waals surface area (Å²) < 4.78 is 26.0. The number of nitrogens with one attached hydrogen (secondary N) is 1. The highest BCUT2D eigenvalue weighted by Gasteiger charge is 2.35. The van der Waals surface area contributed by atoms with Crippen molar-refractivity contribution in [1.82, 2.24) is 10.2 Å². The molecule has 1 N–H and O–H groups in total. The summed E-state index contributed by atoms with van der Waals surface area (Å²) in [6, 6.07) is 7.13. The molecule has 1 saturated heterocycles. The van der Waals surface area contributed by atoms with Crippen molar-refractivity contribution < 1.29 is 42.5 Å². The maximum atomic E-state index is 12.9. The van der Waals surface area contributed by atoms with Gasteiger partial charge in [-0.05, 0) is 38.1 Å². The summed E-state index contributed by atoms with van der Waals surface area (Å²) in [5.74, 6) is -1.15. The zero-order chi connectivity index (χ0) is 24.8. The Labute approximate surface area is 195 Å². The number of hydrogen-bond acceptors (Lipinski definition) is 9. The maximum Gasteiger partial charge on any atom is 0.373 e. The van der Waals surface area contributed by atoms with Crippen molar-refractivity contribution >= 4 is 30.0 Å². The Hall–Kier alpha value is -4.28. The molecule has 1 atom stereocenters. The number of amides is 3. The Morgan fingerprint density at radius 3 is 2.62 bits per heavy atom. The van der Waals surface area contributed by atoms with Crippen LogP contribution in [0.4, 0.5) is 4.79 Å². The summed E-state index contributed by atoms with van der Waals surface area (Å²) in [5, 5.41) is 2.50. The molecule has 0 bridgehead atoms. The molecule has 3 amide bonds. The molecule has 1 fully saturated rings. The number of carbonyl (C=O) groups is 4. The molecule has 1 aliphatic heterocycles. The van der Waals surface area contributed by atoms with E-state index in [4.69, 9.17) is 18.6 Å². The fourth-order valence-electron chi connectivity index (χ4n) is 3.12. The second-order valence-corrected chi connectivity index (χ2v) is 7.03. The van der Waals surface area contributed by atoms with Crippen molar-refractivity contribution in [1.29, 1.82) is 0 Å². The number of nitrogens with zero attached hydrogens (tertiary/aromatic N) is 1. The van der Waals surface area contributed by atoms with Crippen LogP contribution in [0.15, 0.2) is 40.4 Å². The summed E-state index contributed by atoms with van der Waals surface area (Å²) in [6.07, 6.45) is 0.472. The molecule has 1 unspecified atom stereocenters. The first kappa shape index (κ1) is 24.4. The van der Waals surface area contributed by atoms with Gasteiger partial charge in [-0.2, -0.15) is 0 Å². The van der Waals surface area contributed by atoms with E-state index in [9.17, 15) is 19.2 Å². The average Bonchev–Trinajstić information content (AvgIpc) is 3.40. The monoisotopic (exact) mass is 472 g/mol. The molecule has 180 valence electrons. The van der Waals surface area contributed by atoms with E-state index in [1.54, 1.807) is 25.1 Å². The summed E-state index contributed by atoms with van der Waals surface area (Å²) >= 11 is 0. The minimum atomic E-state index is -0.943. The van der Waals surface area contributed by atoms with Crippen LogP contribution in [0.3, 0.4) is 0 Å². The Morgan fingerprint density at radius 2 is 1.94 bits per heavy atom. The molecule has 2 aromatic rings. The minimum absolute atomic E-state index is 0.0216. The standard InChI is InChI=1S/C23H24N2O9/c1-5-32-21(27)13(2)33-19-14(7-6-8-17(19)30-3)11-16-20(26)25(23(29)24-16)12-15-9-10-18(34-15)22(28)31-4/h6-11,13H,5,12H2,1-4H3,(H,24,29). The number of carbonyl (C=O) groups excluding carboxylic acids is 4. The van der Waals surface area contributed by atoms with Crippen LogP contribution in [0.1, 0.15) is 35.7 Å². The summed E-state index contributed by atoms with van der Waals surface area (Å²) in [5.41, 5.74) is 0.374. The third-order valence-corrected chi connectivity index (χ3v) is 4.77. The number of ether oxygens (including phenoxy) is 4. The van der Waals surface area contributed by atoms with Crippen LogP contribution in [0.2, 0.25) is 0 Å². The normalized spacial score (nSPS) is 15.2. The third kappa shape index (κ3) is 5.20. The van der Waals surface area contributed by atoms with Crippen LogP contribution in [0, 0.1) is 0 Å². The van der Waals surface area contributed by atoms with Gasteiger partial charge in [0.2, 0.25) is 5.76 Å². The number of imide groups is 1. The lowest BCUT2D eigenvalue weighted by atomic mass is 10.1. The van der Waals surface area contributed by atoms with Gasteiger partial charge in [-0.1, -0.05) is 12.1 Å². The molecule has 0 radical (unpaired) electrons. The van der Waals surface area contributed by atoms with Gasteiger partial charge in [-0.3, -0.25) is 9.69 Å². The molecule has 1 aliphatic rings. The van der Waals surface area contributed by atoms with E-state index in [1.165, 1.54) is 39.4 Å². The smallest absolute Gasteiger partial charge is 0.373 e. The van der Waals surface area contributed by atoms with E-state index in [-0.39, 0.29) is 36.1 Å². The lowest BCUT2D eigenvalue weighted by Gasteiger charge is -2.17. The zero-order valence-electron chi connectivity index (χ0n) is 19.1. The number of hydrogen-bond donors (Lipinski definition) is 1. The largest absolute Gasteiger partial charge is 0.493 e. The van der Waals surface area contributed by atoms with E-state index < -0.39 is 30.0 Å². The number of methoxy groups -OCH3 is 2. The number of benzene rings is 1. The Kier molecular flexibility index (Phi) is 7.57. The van der Waals surface area contributed by atoms with Gasteiger partial charge in [0.15, 0.2) is 17.6 Å². The Balaban J connectivity index is 1.85. The molecule has 34 heavy (non-hydrogen) atoms. The maximum absolute atomic E-state index is 12.9. The van der Waals surface area contributed by atoms with Crippen LogP contribution in [-0.4, -0.2) is 55.7 Å². The van der Waals surface area contributed by atoms with Gasteiger partial charge >= 0.3 is 18.0 Å². The topological polar surface area (TPSA) is 134 Å². The predicted octanol–water partition coefficient (Wildman–Crippen LogP) is 2.50. The predicted molar refractivity (Wildman–Crippen MR) is 117 cm³/mol.